The summed E-state index contributed by atoms with van der Waals surface area (Å²) in [5, 5.41) is 16.1. The van der Waals surface area contributed by atoms with Gasteiger partial charge in [-0.3, -0.25) is 4.79 Å². The van der Waals surface area contributed by atoms with E-state index in [2.05, 4.69) is 41.6 Å². The minimum Gasteiger partial charge on any atom is -0.317 e. The summed E-state index contributed by atoms with van der Waals surface area (Å²) in [5.41, 5.74) is 0. The zero-order valence-corrected chi connectivity index (χ0v) is 14.0. The predicted molar refractivity (Wildman–Crippen MR) is 86.5 cm³/mol. The molecular formula is C15H26N4OS. The summed E-state index contributed by atoms with van der Waals surface area (Å²) < 4.78 is 0. The summed E-state index contributed by atoms with van der Waals surface area (Å²) in [4.78, 5) is 12.1. The fourth-order valence-electron chi connectivity index (χ4n) is 2.78. The van der Waals surface area contributed by atoms with E-state index in [1.54, 1.807) is 0 Å². The number of hydrogen-bond acceptors (Lipinski definition) is 5. The predicted octanol–water partition coefficient (Wildman–Crippen LogP) is 2.70. The van der Waals surface area contributed by atoms with Crippen LogP contribution in [0.5, 0.6) is 0 Å². The van der Waals surface area contributed by atoms with Crippen LogP contribution in [0.15, 0.2) is 0 Å². The zero-order valence-electron chi connectivity index (χ0n) is 13.2. The van der Waals surface area contributed by atoms with Gasteiger partial charge >= 0.3 is 0 Å². The fourth-order valence-corrected chi connectivity index (χ4v) is 3.75. The van der Waals surface area contributed by atoms with Crippen LogP contribution in [0.2, 0.25) is 0 Å². The molecule has 1 saturated heterocycles. The highest BCUT2D eigenvalue weighted by Crippen LogP contribution is 2.25. The van der Waals surface area contributed by atoms with Gasteiger partial charge in [-0.15, -0.1) is 10.2 Å². The molecule has 0 radical (unpaired) electrons. The van der Waals surface area contributed by atoms with E-state index in [0.717, 1.165) is 24.5 Å². The van der Waals surface area contributed by atoms with Gasteiger partial charge in [0, 0.05) is 12.8 Å². The molecule has 5 nitrogen and oxygen atoms in total. The van der Waals surface area contributed by atoms with E-state index in [4.69, 9.17) is 0 Å². The molecule has 0 bridgehead atoms. The van der Waals surface area contributed by atoms with Gasteiger partial charge in [0.05, 0.1) is 0 Å². The van der Waals surface area contributed by atoms with Crippen LogP contribution in [-0.2, 0) is 11.2 Å². The molecule has 1 aromatic rings. The molecule has 1 aliphatic rings. The monoisotopic (exact) mass is 310 g/mol. The van der Waals surface area contributed by atoms with Crippen LogP contribution in [0.1, 0.15) is 45.0 Å². The summed E-state index contributed by atoms with van der Waals surface area (Å²) in [6, 6.07) is 0. The summed E-state index contributed by atoms with van der Waals surface area (Å²) in [6.07, 6.45) is 3.83. The lowest BCUT2D eigenvalue weighted by Gasteiger charge is -2.27. The first-order valence-corrected chi connectivity index (χ1v) is 8.69. The Labute approximate surface area is 130 Å². The van der Waals surface area contributed by atoms with E-state index in [1.807, 2.05) is 0 Å². The minimum atomic E-state index is 0.0632. The number of nitrogens with one attached hydrogen (secondary N) is 2. The third kappa shape index (κ3) is 5.36. The minimum absolute atomic E-state index is 0.0632. The van der Waals surface area contributed by atoms with E-state index in [9.17, 15) is 4.79 Å². The molecule has 21 heavy (non-hydrogen) atoms. The molecule has 1 atom stereocenters. The molecule has 1 fully saturated rings. The molecule has 2 heterocycles. The molecule has 6 heteroatoms. The summed E-state index contributed by atoms with van der Waals surface area (Å²) in [7, 11) is 0. The second-order valence-electron chi connectivity index (χ2n) is 6.42. The maximum absolute atomic E-state index is 12.1. The Morgan fingerprint density at radius 3 is 2.71 bits per heavy atom. The van der Waals surface area contributed by atoms with Crippen LogP contribution in [0.25, 0.3) is 0 Å². The molecule has 0 saturated carbocycles. The lowest BCUT2D eigenvalue weighted by atomic mass is 9.84. The van der Waals surface area contributed by atoms with Crippen molar-refractivity contribution in [2.75, 3.05) is 18.4 Å². The number of anilines is 1. The summed E-state index contributed by atoms with van der Waals surface area (Å²) >= 11 is 1.49. The highest BCUT2D eigenvalue weighted by molar-refractivity contribution is 7.15. The number of nitrogens with zero attached hydrogens (tertiary/aromatic N) is 2. The Kier molecular flexibility index (Phi) is 6.11. The number of hydrogen-bond donors (Lipinski definition) is 2. The number of carbonyl (C=O) groups excluding carboxylic acids is 1. The van der Waals surface area contributed by atoms with E-state index in [1.165, 1.54) is 24.2 Å². The molecular weight excluding hydrogens is 284 g/mol. The summed E-state index contributed by atoms with van der Waals surface area (Å²) in [5.74, 6) is 1.70. The van der Waals surface area contributed by atoms with Gasteiger partial charge in [-0.2, -0.15) is 0 Å². The highest BCUT2D eigenvalue weighted by atomic mass is 32.1. The average Bonchev–Trinajstić information content (AvgIpc) is 2.85. The molecule has 1 amide bonds. The Morgan fingerprint density at radius 2 is 2.05 bits per heavy atom. The first-order valence-electron chi connectivity index (χ1n) is 7.87. The van der Waals surface area contributed by atoms with Gasteiger partial charge in [0.2, 0.25) is 11.0 Å². The lowest BCUT2D eigenvalue weighted by Crippen LogP contribution is -2.32. The molecule has 118 valence electrons. The fraction of sp³-hybridized carbons (Fsp3) is 0.800. The summed E-state index contributed by atoms with van der Waals surface area (Å²) in [6.45, 7) is 8.64. The SMILES string of the molecule is CC(C)Cc1nnc(NC(=O)CC(C)C2CCNCC2)s1. The normalized spacial score (nSPS) is 17.9. The van der Waals surface area contributed by atoms with Gasteiger partial charge in [0.1, 0.15) is 5.01 Å². The van der Waals surface area contributed by atoms with Crippen LogP contribution < -0.4 is 10.6 Å². The standard InChI is InChI=1S/C15H26N4OS/c1-10(2)8-14-18-19-15(21-14)17-13(20)9-11(3)12-4-6-16-7-5-12/h10-12,16H,4-9H2,1-3H3,(H,17,19,20). The molecule has 0 aromatic carbocycles. The first kappa shape index (κ1) is 16.4. The smallest absolute Gasteiger partial charge is 0.226 e. The highest BCUT2D eigenvalue weighted by Gasteiger charge is 2.22. The van der Waals surface area contributed by atoms with Gasteiger partial charge < -0.3 is 10.6 Å². The maximum atomic E-state index is 12.1. The van der Waals surface area contributed by atoms with Crippen molar-refractivity contribution in [1.82, 2.24) is 15.5 Å². The van der Waals surface area contributed by atoms with Crippen molar-refractivity contribution in [3.63, 3.8) is 0 Å². The number of piperidine rings is 1. The average molecular weight is 310 g/mol. The van der Waals surface area contributed by atoms with E-state index in [0.29, 0.717) is 29.3 Å². The van der Waals surface area contributed by atoms with E-state index >= 15 is 0 Å². The van der Waals surface area contributed by atoms with Gasteiger partial charge in [0.25, 0.3) is 0 Å². The number of aromatic nitrogens is 2. The van der Waals surface area contributed by atoms with Gasteiger partial charge in [-0.1, -0.05) is 32.1 Å². The topological polar surface area (TPSA) is 66.9 Å². The molecule has 0 aliphatic carbocycles. The Hall–Kier alpha value is -1.01. The quantitative estimate of drug-likeness (QED) is 0.848. The Morgan fingerprint density at radius 1 is 1.33 bits per heavy atom. The van der Waals surface area contributed by atoms with Crippen molar-refractivity contribution < 1.29 is 4.79 Å². The van der Waals surface area contributed by atoms with Crippen molar-refractivity contribution in [2.45, 2.75) is 46.5 Å². The Balaban J connectivity index is 1.79. The van der Waals surface area contributed by atoms with Crippen LogP contribution in [-0.4, -0.2) is 29.2 Å². The molecule has 1 aromatic heterocycles. The van der Waals surface area contributed by atoms with Crippen molar-refractivity contribution in [3.05, 3.63) is 5.01 Å². The largest absolute Gasteiger partial charge is 0.317 e. The van der Waals surface area contributed by atoms with Gasteiger partial charge in [-0.25, -0.2) is 0 Å². The zero-order chi connectivity index (χ0) is 15.2. The van der Waals surface area contributed by atoms with Crippen LogP contribution in [0.4, 0.5) is 5.13 Å². The lowest BCUT2D eigenvalue weighted by molar-refractivity contribution is -0.117. The van der Waals surface area contributed by atoms with E-state index < -0.39 is 0 Å². The maximum Gasteiger partial charge on any atom is 0.226 e. The van der Waals surface area contributed by atoms with Crippen molar-refractivity contribution in [3.8, 4) is 0 Å². The molecule has 1 aliphatic heterocycles. The molecule has 2 rings (SSSR count). The van der Waals surface area contributed by atoms with Crippen LogP contribution in [0, 0.1) is 17.8 Å². The number of rotatable bonds is 6. The molecule has 0 spiro atoms. The van der Waals surface area contributed by atoms with Crippen LogP contribution >= 0.6 is 11.3 Å². The van der Waals surface area contributed by atoms with Gasteiger partial charge in [0.15, 0.2) is 0 Å². The van der Waals surface area contributed by atoms with Crippen LogP contribution in [0.3, 0.4) is 0 Å². The third-order valence-electron chi connectivity index (χ3n) is 3.99. The van der Waals surface area contributed by atoms with Crippen molar-refractivity contribution in [2.24, 2.45) is 17.8 Å². The van der Waals surface area contributed by atoms with Crippen molar-refractivity contribution >= 4 is 22.4 Å². The van der Waals surface area contributed by atoms with E-state index in [-0.39, 0.29) is 5.91 Å². The molecule has 2 N–H and O–H groups in total. The third-order valence-corrected chi connectivity index (χ3v) is 4.85. The number of amides is 1. The second kappa shape index (κ2) is 7.84. The first-order chi connectivity index (χ1) is 10.0. The second-order valence-corrected chi connectivity index (χ2v) is 7.48. The van der Waals surface area contributed by atoms with Gasteiger partial charge in [-0.05, 0) is 43.7 Å². The van der Waals surface area contributed by atoms with Crippen molar-refractivity contribution in [1.29, 1.82) is 0 Å². The number of carbonyl (C=O) groups is 1. The Bertz CT molecular complexity index is 454. The molecule has 1 unspecified atom stereocenters.